The summed E-state index contributed by atoms with van der Waals surface area (Å²) in [4.78, 5) is 6.71. The fourth-order valence-electron chi connectivity index (χ4n) is 2.88. The van der Waals surface area contributed by atoms with Crippen LogP contribution in [0.3, 0.4) is 0 Å². The molecule has 20 heavy (non-hydrogen) atoms. The predicted octanol–water partition coefficient (Wildman–Crippen LogP) is 3.64. The van der Waals surface area contributed by atoms with Gasteiger partial charge < -0.3 is 10.6 Å². The van der Waals surface area contributed by atoms with Crippen LogP contribution < -0.4 is 10.6 Å². The largest absolute Gasteiger partial charge is 0.364 e. The molecular weight excluding hydrogens is 314 g/mol. The molecule has 0 spiro atoms. The van der Waals surface area contributed by atoms with Gasteiger partial charge in [0, 0.05) is 35.6 Å². The lowest BCUT2D eigenvalue weighted by Crippen LogP contribution is -2.22. The Hall–Kier alpha value is -1.39. The molecule has 104 valence electrons. The molecule has 2 N–H and O–H groups in total. The first-order valence-corrected chi connectivity index (χ1v) is 7.74. The molecule has 0 aliphatic carbocycles. The summed E-state index contributed by atoms with van der Waals surface area (Å²) >= 11 is 3.61. The summed E-state index contributed by atoms with van der Waals surface area (Å²) in [5.74, 6) is 0. The van der Waals surface area contributed by atoms with Crippen LogP contribution in [0.25, 0.3) is 0 Å². The second-order valence-corrected chi connectivity index (χ2v) is 5.97. The van der Waals surface area contributed by atoms with Crippen molar-refractivity contribution in [1.29, 1.82) is 0 Å². The molecule has 0 amide bonds. The molecule has 0 saturated carbocycles. The highest BCUT2D eigenvalue weighted by atomic mass is 79.9. The predicted molar refractivity (Wildman–Crippen MR) is 85.6 cm³/mol. The van der Waals surface area contributed by atoms with Crippen molar-refractivity contribution >= 4 is 21.6 Å². The van der Waals surface area contributed by atoms with Crippen molar-refractivity contribution < 1.29 is 0 Å². The standard InChI is InChI=1S/C16H18BrN3/c17-15-9-14(6-5-12(15)10-18)20-8-2-4-16(20)13-3-1-7-19-11-13/h1,3,5-7,9,11,16H,2,4,8,10,18H2. The molecule has 0 bridgehead atoms. The lowest BCUT2D eigenvalue weighted by Gasteiger charge is -2.27. The van der Waals surface area contributed by atoms with Crippen LogP contribution in [0.15, 0.2) is 47.2 Å². The zero-order valence-corrected chi connectivity index (χ0v) is 12.9. The molecule has 1 atom stereocenters. The van der Waals surface area contributed by atoms with Crippen LogP contribution in [0, 0.1) is 0 Å². The lowest BCUT2D eigenvalue weighted by molar-refractivity contribution is 0.715. The quantitative estimate of drug-likeness (QED) is 0.933. The van der Waals surface area contributed by atoms with Crippen molar-refractivity contribution in [2.75, 3.05) is 11.4 Å². The Morgan fingerprint density at radius 3 is 2.95 bits per heavy atom. The number of pyridine rings is 1. The highest BCUT2D eigenvalue weighted by Gasteiger charge is 2.26. The normalized spacial score (nSPS) is 18.5. The van der Waals surface area contributed by atoms with Gasteiger partial charge in [-0.2, -0.15) is 0 Å². The van der Waals surface area contributed by atoms with Crippen molar-refractivity contribution in [2.24, 2.45) is 5.73 Å². The number of halogens is 1. The Morgan fingerprint density at radius 1 is 1.35 bits per heavy atom. The van der Waals surface area contributed by atoms with E-state index < -0.39 is 0 Å². The number of anilines is 1. The molecule has 2 aromatic rings. The second kappa shape index (κ2) is 5.94. The third-order valence-electron chi connectivity index (χ3n) is 3.91. The van der Waals surface area contributed by atoms with Crippen LogP contribution in [0.5, 0.6) is 0 Å². The van der Waals surface area contributed by atoms with Gasteiger partial charge in [-0.3, -0.25) is 4.98 Å². The minimum atomic E-state index is 0.430. The maximum Gasteiger partial charge on any atom is 0.0558 e. The van der Waals surface area contributed by atoms with Crippen LogP contribution in [0.4, 0.5) is 5.69 Å². The Morgan fingerprint density at radius 2 is 2.25 bits per heavy atom. The van der Waals surface area contributed by atoms with Gasteiger partial charge in [0.25, 0.3) is 0 Å². The van der Waals surface area contributed by atoms with E-state index in [9.17, 15) is 0 Å². The maximum atomic E-state index is 5.72. The summed E-state index contributed by atoms with van der Waals surface area (Å²) in [5, 5.41) is 0. The van der Waals surface area contributed by atoms with Gasteiger partial charge in [0.2, 0.25) is 0 Å². The van der Waals surface area contributed by atoms with Gasteiger partial charge in [-0.15, -0.1) is 0 Å². The molecule has 4 heteroatoms. The van der Waals surface area contributed by atoms with E-state index in [2.05, 4.69) is 50.1 Å². The van der Waals surface area contributed by atoms with Gasteiger partial charge in [-0.05, 0) is 42.2 Å². The smallest absolute Gasteiger partial charge is 0.0558 e. The third-order valence-corrected chi connectivity index (χ3v) is 4.65. The lowest BCUT2D eigenvalue weighted by atomic mass is 10.1. The fourth-order valence-corrected chi connectivity index (χ4v) is 3.40. The van der Waals surface area contributed by atoms with E-state index in [1.54, 1.807) is 0 Å². The molecular formula is C16H18BrN3. The highest BCUT2D eigenvalue weighted by Crippen LogP contribution is 2.37. The van der Waals surface area contributed by atoms with E-state index in [4.69, 9.17) is 5.73 Å². The van der Waals surface area contributed by atoms with Crippen molar-refractivity contribution in [3.05, 3.63) is 58.3 Å². The number of nitrogens with two attached hydrogens (primary N) is 1. The Labute approximate surface area is 127 Å². The molecule has 0 radical (unpaired) electrons. The average molecular weight is 332 g/mol. The van der Waals surface area contributed by atoms with E-state index in [-0.39, 0.29) is 0 Å². The minimum absolute atomic E-state index is 0.430. The molecule has 1 saturated heterocycles. The first-order chi connectivity index (χ1) is 9.79. The zero-order chi connectivity index (χ0) is 13.9. The number of nitrogens with zero attached hydrogens (tertiary/aromatic N) is 2. The van der Waals surface area contributed by atoms with Crippen LogP contribution in [-0.2, 0) is 6.54 Å². The summed E-state index contributed by atoms with van der Waals surface area (Å²) < 4.78 is 1.09. The number of benzene rings is 1. The molecule has 3 rings (SSSR count). The average Bonchev–Trinajstić information content (AvgIpc) is 2.97. The molecule has 1 unspecified atom stereocenters. The monoisotopic (exact) mass is 331 g/mol. The van der Waals surface area contributed by atoms with Gasteiger partial charge in [0.1, 0.15) is 0 Å². The molecule has 1 aliphatic heterocycles. The third kappa shape index (κ3) is 2.58. The van der Waals surface area contributed by atoms with Crippen molar-refractivity contribution in [3.8, 4) is 0 Å². The first kappa shape index (κ1) is 13.6. The van der Waals surface area contributed by atoms with E-state index in [0.717, 1.165) is 16.6 Å². The summed E-state index contributed by atoms with van der Waals surface area (Å²) in [5.41, 5.74) is 9.41. The molecule has 1 aromatic heterocycles. The molecule has 1 aromatic carbocycles. The minimum Gasteiger partial charge on any atom is -0.364 e. The van der Waals surface area contributed by atoms with Gasteiger partial charge in [0.15, 0.2) is 0 Å². The van der Waals surface area contributed by atoms with Gasteiger partial charge >= 0.3 is 0 Å². The van der Waals surface area contributed by atoms with E-state index in [1.165, 1.54) is 24.1 Å². The van der Waals surface area contributed by atoms with Crippen molar-refractivity contribution in [2.45, 2.75) is 25.4 Å². The Kier molecular flexibility index (Phi) is 4.03. The molecule has 1 fully saturated rings. The number of rotatable bonds is 3. The van der Waals surface area contributed by atoms with Crippen LogP contribution >= 0.6 is 15.9 Å². The first-order valence-electron chi connectivity index (χ1n) is 6.94. The van der Waals surface area contributed by atoms with Crippen LogP contribution in [0.1, 0.15) is 30.0 Å². The topological polar surface area (TPSA) is 42.1 Å². The number of hydrogen-bond donors (Lipinski definition) is 1. The van der Waals surface area contributed by atoms with Crippen molar-refractivity contribution in [1.82, 2.24) is 4.98 Å². The zero-order valence-electron chi connectivity index (χ0n) is 11.3. The summed E-state index contributed by atoms with van der Waals surface area (Å²) in [6, 6.07) is 11.1. The molecule has 2 heterocycles. The molecule has 3 nitrogen and oxygen atoms in total. The van der Waals surface area contributed by atoms with E-state index in [0.29, 0.717) is 12.6 Å². The summed E-state index contributed by atoms with van der Waals surface area (Å²) in [7, 11) is 0. The fraction of sp³-hybridized carbons (Fsp3) is 0.312. The number of aromatic nitrogens is 1. The SMILES string of the molecule is NCc1ccc(N2CCCC2c2cccnc2)cc1Br. The van der Waals surface area contributed by atoms with Gasteiger partial charge in [-0.1, -0.05) is 28.1 Å². The summed E-state index contributed by atoms with van der Waals surface area (Å²) in [6.45, 7) is 1.65. The van der Waals surface area contributed by atoms with Gasteiger partial charge in [0.05, 0.1) is 6.04 Å². The highest BCUT2D eigenvalue weighted by molar-refractivity contribution is 9.10. The van der Waals surface area contributed by atoms with Gasteiger partial charge in [-0.25, -0.2) is 0 Å². The van der Waals surface area contributed by atoms with Crippen LogP contribution in [0.2, 0.25) is 0 Å². The summed E-state index contributed by atoms with van der Waals surface area (Å²) in [6.07, 6.45) is 6.21. The number of hydrogen-bond acceptors (Lipinski definition) is 3. The Bertz CT molecular complexity index is 586. The van der Waals surface area contributed by atoms with E-state index >= 15 is 0 Å². The van der Waals surface area contributed by atoms with Crippen molar-refractivity contribution in [3.63, 3.8) is 0 Å². The second-order valence-electron chi connectivity index (χ2n) is 5.12. The molecule has 1 aliphatic rings. The maximum absolute atomic E-state index is 5.72. The Balaban J connectivity index is 1.91. The van der Waals surface area contributed by atoms with E-state index in [1.807, 2.05) is 18.5 Å². The van der Waals surface area contributed by atoms with Crippen LogP contribution in [-0.4, -0.2) is 11.5 Å².